The Balaban J connectivity index is 1.36. The molecule has 2 aromatic rings. The fraction of sp³-hybridized carbons (Fsp3) is 0.318. The van der Waals surface area contributed by atoms with Crippen LogP contribution in [-0.4, -0.2) is 37.4 Å². The number of benzene rings is 2. The van der Waals surface area contributed by atoms with E-state index in [1.165, 1.54) is 0 Å². The fourth-order valence-electron chi connectivity index (χ4n) is 3.30. The molecule has 1 heterocycles. The molecule has 1 atom stereocenters. The lowest BCUT2D eigenvalue weighted by atomic mass is 10.1. The number of aryl methyl sites for hydroxylation is 1. The lowest BCUT2D eigenvalue weighted by Gasteiger charge is -2.17. The van der Waals surface area contributed by atoms with Gasteiger partial charge in [0.1, 0.15) is 0 Å². The van der Waals surface area contributed by atoms with E-state index in [1.807, 2.05) is 30.3 Å². The van der Waals surface area contributed by atoms with Gasteiger partial charge in [0.05, 0.1) is 5.92 Å². The van der Waals surface area contributed by atoms with Crippen molar-refractivity contribution in [3.05, 3.63) is 65.2 Å². The Kier molecular flexibility index (Phi) is 7.25. The van der Waals surface area contributed by atoms with Gasteiger partial charge >= 0.3 is 0 Å². The predicted octanol–water partition coefficient (Wildman–Crippen LogP) is 2.56. The van der Waals surface area contributed by atoms with Crippen LogP contribution in [0.5, 0.6) is 0 Å². The molecule has 0 spiro atoms. The number of rotatable bonds is 8. The Bertz CT molecular complexity index is 873. The second-order valence-electron chi connectivity index (χ2n) is 7.01. The van der Waals surface area contributed by atoms with Gasteiger partial charge in [-0.3, -0.25) is 14.4 Å². The smallest absolute Gasteiger partial charge is 0.227 e. The summed E-state index contributed by atoms with van der Waals surface area (Å²) < 4.78 is 0. The van der Waals surface area contributed by atoms with Crippen molar-refractivity contribution in [1.82, 2.24) is 10.6 Å². The third-order valence-electron chi connectivity index (χ3n) is 4.85. The molecular weight excluding hydrogens is 390 g/mol. The summed E-state index contributed by atoms with van der Waals surface area (Å²) in [6.45, 7) is 1.02. The highest BCUT2D eigenvalue weighted by atomic mass is 35.5. The summed E-state index contributed by atoms with van der Waals surface area (Å²) in [5.74, 6) is -0.732. The Morgan fingerprint density at radius 1 is 1.03 bits per heavy atom. The van der Waals surface area contributed by atoms with Crippen LogP contribution >= 0.6 is 11.6 Å². The molecule has 0 radical (unpaired) electrons. The van der Waals surface area contributed by atoms with Crippen LogP contribution in [0, 0.1) is 5.92 Å². The van der Waals surface area contributed by atoms with Crippen molar-refractivity contribution < 1.29 is 14.4 Å². The number of hydrogen-bond acceptors (Lipinski definition) is 3. The molecule has 0 saturated carbocycles. The van der Waals surface area contributed by atoms with Gasteiger partial charge in [0.2, 0.25) is 17.7 Å². The number of anilines is 1. The summed E-state index contributed by atoms with van der Waals surface area (Å²) in [7, 11) is 0. The molecular formula is C22H24ClN3O3. The van der Waals surface area contributed by atoms with E-state index in [4.69, 9.17) is 11.6 Å². The maximum Gasteiger partial charge on any atom is 0.227 e. The van der Waals surface area contributed by atoms with E-state index in [9.17, 15) is 14.4 Å². The molecule has 1 aliphatic heterocycles. The van der Waals surface area contributed by atoms with Crippen molar-refractivity contribution in [3.63, 3.8) is 0 Å². The third-order valence-corrected chi connectivity index (χ3v) is 5.08. The van der Waals surface area contributed by atoms with Gasteiger partial charge in [-0.15, -0.1) is 0 Å². The molecule has 1 saturated heterocycles. The molecule has 1 fully saturated rings. The summed E-state index contributed by atoms with van der Waals surface area (Å²) in [5.41, 5.74) is 1.81. The number of amides is 3. The first-order chi connectivity index (χ1) is 14.0. The number of carbonyl (C=O) groups is 3. The molecule has 7 heteroatoms. The first kappa shape index (κ1) is 20.9. The molecule has 3 rings (SSSR count). The van der Waals surface area contributed by atoms with Crippen LogP contribution in [0.1, 0.15) is 18.4 Å². The van der Waals surface area contributed by atoms with Gasteiger partial charge in [0.15, 0.2) is 0 Å². The van der Waals surface area contributed by atoms with E-state index in [0.717, 1.165) is 5.56 Å². The molecule has 0 aliphatic carbocycles. The molecule has 1 aliphatic rings. The average molecular weight is 414 g/mol. The van der Waals surface area contributed by atoms with Crippen molar-refractivity contribution in [3.8, 4) is 0 Å². The highest BCUT2D eigenvalue weighted by Gasteiger charge is 2.34. The highest BCUT2D eigenvalue weighted by molar-refractivity contribution is 6.31. The van der Waals surface area contributed by atoms with Gasteiger partial charge in [-0.1, -0.05) is 48.0 Å². The summed E-state index contributed by atoms with van der Waals surface area (Å²) in [5, 5.41) is 6.15. The normalized spacial score (nSPS) is 16.0. The van der Waals surface area contributed by atoms with Crippen LogP contribution < -0.4 is 15.5 Å². The Morgan fingerprint density at radius 3 is 2.55 bits per heavy atom. The second kappa shape index (κ2) is 10.1. The van der Waals surface area contributed by atoms with Crippen LogP contribution in [0.25, 0.3) is 0 Å². The maximum absolute atomic E-state index is 12.4. The predicted molar refractivity (Wildman–Crippen MR) is 113 cm³/mol. The minimum Gasteiger partial charge on any atom is -0.354 e. The van der Waals surface area contributed by atoms with Gasteiger partial charge in [-0.2, -0.15) is 0 Å². The minimum absolute atomic E-state index is 0.0497. The van der Waals surface area contributed by atoms with Gasteiger partial charge in [-0.05, 0) is 30.2 Å². The molecule has 3 amide bonds. The number of halogens is 1. The Labute approximate surface area is 175 Å². The van der Waals surface area contributed by atoms with Crippen LogP contribution in [0.2, 0.25) is 5.02 Å². The lowest BCUT2D eigenvalue weighted by Crippen LogP contribution is -2.38. The zero-order valence-corrected chi connectivity index (χ0v) is 16.8. The van der Waals surface area contributed by atoms with Crippen LogP contribution in [0.4, 0.5) is 5.69 Å². The van der Waals surface area contributed by atoms with Gasteiger partial charge in [0.25, 0.3) is 0 Å². The molecule has 2 N–H and O–H groups in total. The first-order valence-electron chi connectivity index (χ1n) is 9.67. The van der Waals surface area contributed by atoms with Gasteiger partial charge < -0.3 is 15.5 Å². The SMILES string of the molecule is O=C(CCc1ccccc1)NCCNC(=O)[C@@H]1CC(=O)N(c2cccc(Cl)c2)C1. The molecule has 0 unspecified atom stereocenters. The molecule has 0 bridgehead atoms. The van der Waals surface area contributed by atoms with Gasteiger partial charge in [0, 0.05) is 43.2 Å². The summed E-state index contributed by atoms with van der Waals surface area (Å²) >= 11 is 5.99. The van der Waals surface area contributed by atoms with E-state index in [1.54, 1.807) is 29.2 Å². The Hall–Kier alpha value is -2.86. The lowest BCUT2D eigenvalue weighted by molar-refractivity contribution is -0.126. The van der Waals surface area contributed by atoms with E-state index >= 15 is 0 Å². The van der Waals surface area contributed by atoms with Crippen molar-refractivity contribution in [2.45, 2.75) is 19.3 Å². The fourth-order valence-corrected chi connectivity index (χ4v) is 3.48. The zero-order chi connectivity index (χ0) is 20.6. The molecule has 0 aromatic heterocycles. The summed E-state index contributed by atoms with van der Waals surface area (Å²) in [6.07, 6.45) is 1.26. The van der Waals surface area contributed by atoms with Crippen molar-refractivity contribution >= 4 is 35.0 Å². The minimum atomic E-state index is -0.407. The summed E-state index contributed by atoms with van der Waals surface area (Å²) in [4.78, 5) is 38.1. The van der Waals surface area contributed by atoms with Crippen molar-refractivity contribution in [1.29, 1.82) is 0 Å². The first-order valence-corrected chi connectivity index (χ1v) is 10.0. The number of nitrogens with one attached hydrogen (secondary N) is 2. The molecule has 29 heavy (non-hydrogen) atoms. The number of carbonyl (C=O) groups excluding carboxylic acids is 3. The number of hydrogen-bond donors (Lipinski definition) is 2. The van der Waals surface area contributed by atoms with Crippen LogP contribution in [-0.2, 0) is 20.8 Å². The third kappa shape index (κ3) is 6.06. The van der Waals surface area contributed by atoms with Crippen LogP contribution in [0.15, 0.2) is 54.6 Å². The topological polar surface area (TPSA) is 78.5 Å². The molecule has 152 valence electrons. The van der Waals surface area contributed by atoms with E-state index in [0.29, 0.717) is 43.2 Å². The molecule has 6 nitrogen and oxygen atoms in total. The largest absolute Gasteiger partial charge is 0.354 e. The van der Waals surface area contributed by atoms with E-state index in [2.05, 4.69) is 10.6 Å². The quantitative estimate of drug-likeness (QED) is 0.653. The zero-order valence-electron chi connectivity index (χ0n) is 16.1. The number of nitrogens with zero attached hydrogens (tertiary/aromatic N) is 1. The monoisotopic (exact) mass is 413 g/mol. The van der Waals surface area contributed by atoms with Gasteiger partial charge in [-0.25, -0.2) is 0 Å². The standard InChI is InChI=1S/C22H24ClN3O3/c23-18-7-4-8-19(14-18)26-15-17(13-21(26)28)22(29)25-12-11-24-20(27)10-9-16-5-2-1-3-6-16/h1-8,14,17H,9-13,15H2,(H,24,27)(H,25,29)/t17-/m1/s1. The summed E-state index contributed by atoms with van der Waals surface area (Å²) in [6, 6.07) is 16.8. The van der Waals surface area contributed by atoms with E-state index < -0.39 is 5.92 Å². The highest BCUT2D eigenvalue weighted by Crippen LogP contribution is 2.27. The average Bonchev–Trinajstić information content (AvgIpc) is 3.12. The van der Waals surface area contributed by atoms with Crippen LogP contribution in [0.3, 0.4) is 0 Å². The van der Waals surface area contributed by atoms with Crippen molar-refractivity contribution in [2.24, 2.45) is 5.92 Å². The second-order valence-corrected chi connectivity index (χ2v) is 7.45. The maximum atomic E-state index is 12.4. The Morgan fingerprint density at radius 2 is 1.79 bits per heavy atom. The van der Waals surface area contributed by atoms with Crippen molar-refractivity contribution in [2.75, 3.05) is 24.5 Å². The molecule has 2 aromatic carbocycles. The van der Waals surface area contributed by atoms with E-state index in [-0.39, 0.29) is 24.1 Å².